The maximum atomic E-state index is 2.75. The van der Waals surface area contributed by atoms with Crippen molar-refractivity contribution >= 4 is 34.0 Å². The Labute approximate surface area is 53.7 Å². The lowest BCUT2D eigenvalue weighted by Crippen LogP contribution is -1.89. The number of hydrogen-bond acceptors (Lipinski definition) is 1. The average Bonchev–Trinajstić information content (AvgIpc) is 0.918. The van der Waals surface area contributed by atoms with Crippen molar-refractivity contribution in [1.82, 2.24) is 5.32 Å². The largest absolute Gasteiger partial charge is 0.323 e. The number of hydrogen-bond donors (Lipinski definition) is 1. The highest BCUT2D eigenvalue weighted by Gasteiger charge is 1.25. The summed E-state index contributed by atoms with van der Waals surface area (Å²) < 4.78 is 0. The second-order valence-corrected chi connectivity index (χ2v) is 0.500. The van der Waals surface area contributed by atoms with Crippen LogP contribution in [0.4, 0.5) is 0 Å². The van der Waals surface area contributed by atoms with E-state index in [1.807, 2.05) is 14.1 Å². The fourth-order valence-corrected chi connectivity index (χ4v) is 0. The van der Waals surface area contributed by atoms with E-state index in [1.54, 1.807) is 0 Å². The predicted molar refractivity (Wildman–Crippen MR) is 35.6 cm³/mol. The van der Waals surface area contributed by atoms with Crippen molar-refractivity contribution in [1.29, 1.82) is 0 Å². The Bertz CT molecular complexity index is 7.61. The molecule has 0 aromatic carbocycles. The van der Waals surface area contributed by atoms with Gasteiger partial charge in [0.15, 0.2) is 0 Å². The van der Waals surface area contributed by atoms with Gasteiger partial charge in [-0.25, -0.2) is 0 Å². The summed E-state index contributed by atoms with van der Waals surface area (Å²) >= 11 is 0. The Morgan fingerprint density at radius 1 is 1.00 bits per heavy atom. The lowest BCUT2D eigenvalue weighted by Gasteiger charge is -1.59. The lowest BCUT2D eigenvalue weighted by molar-refractivity contribution is 1.02. The van der Waals surface area contributed by atoms with Gasteiger partial charge in [0.25, 0.3) is 0 Å². The molecule has 0 rings (SSSR count). The molecule has 0 saturated heterocycles. The minimum atomic E-state index is 0. The van der Waals surface area contributed by atoms with Gasteiger partial charge in [-0.2, -0.15) is 0 Å². The van der Waals surface area contributed by atoms with Crippen LogP contribution in [-0.2, 0) is 0 Å². The summed E-state index contributed by atoms with van der Waals surface area (Å²) in [5.74, 6) is 0. The van der Waals surface area contributed by atoms with Crippen molar-refractivity contribution in [3.63, 3.8) is 0 Å². The molecule has 0 fully saturated rings. The molecule has 0 saturated carbocycles. The third kappa shape index (κ3) is 49.6. The van der Waals surface area contributed by atoms with Crippen LogP contribution in [0.25, 0.3) is 0 Å². The number of nitrogens with one attached hydrogen (secondary N) is 1. The molecular weight excluding hydrogens is 198 g/mol. The molecule has 0 unspecified atom stereocenters. The van der Waals surface area contributed by atoms with Crippen LogP contribution in [0, 0.1) is 0 Å². The summed E-state index contributed by atoms with van der Waals surface area (Å²) in [7, 11) is 3.75. The molecule has 0 aliphatic carbocycles. The second kappa shape index (κ2) is 20.5. The minimum absolute atomic E-state index is 0. The fraction of sp³-hybridized carbons (Fsp3) is 1.00. The second-order valence-electron chi connectivity index (χ2n) is 0.500. The summed E-state index contributed by atoms with van der Waals surface area (Å²) in [5.41, 5.74) is 0. The van der Waals surface area contributed by atoms with Crippen molar-refractivity contribution in [2.24, 2.45) is 0 Å². The zero-order valence-corrected chi connectivity index (χ0v) is 6.74. The van der Waals surface area contributed by atoms with Crippen LogP contribution in [0.2, 0.25) is 0 Å². The molecule has 0 aliphatic rings. The molecule has 0 heterocycles. The van der Waals surface area contributed by atoms with E-state index in [-0.39, 0.29) is 34.0 Å². The first-order chi connectivity index (χ1) is 1.41. The third-order valence-electron chi connectivity index (χ3n) is 0. The number of rotatable bonds is 0. The summed E-state index contributed by atoms with van der Waals surface area (Å²) in [5, 5.41) is 2.75. The quantitative estimate of drug-likeness (QED) is 0.624. The van der Waals surface area contributed by atoms with Gasteiger partial charge in [0.1, 0.15) is 0 Å². The van der Waals surface area contributed by atoms with Gasteiger partial charge in [-0.1, -0.05) is 0 Å². The fourth-order valence-electron chi connectivity index (χ4n) is 0. The summed E-state index contributed by atoms with van der Waals surface area (Å²) in [4.78, 5) is 0. The first-order valence-electron chi connectivity index (χ1n) is 1.00. The molecule has 0 aromatic rings. The SMILES string of the molecule is Br.Br.CNC. The van der Waals surface area contributed by atoms with Crippen molar-refractivity contribution in [3.05, 3.63) is 0 Å². The predicted octanol–water partition coefficient (Wildman–Crippen LogP) is 0.991. The minimum Gasteiger partial charge on any atom is -0.323 e. The van der Waals surface area contributed by atoms with Crippen LogP contribution < -0.4 is 5.32 Å². The van der Waals surface area contributed by atoms with E-state index >= 15 is 0 Å². The molecule has 0 spiro atoms. The van der Waals surface area contributed by atoms with Crippen molar-refractivity contribution in [3.8, 4) is 0 Å². The summed E-state index contributed by atoms with van der Waals surface area (Å²) in [6, 6.07) is 0. The average molecular weight is 207 g/mol. The van der Waals surface area contributed by atoms with Crippen LogP contribution in [0.3, 0.4) is 0 Å². The van der Waals surface area contributed by atoms with E-state index in [4.69, 9.17) is 0 Å². The smallest absolute Gasteiger partial charge is 0.0167 e. The van der Waals surface area contributed by atoms with Gasteiger partial charge in [-0.3, -0.25) is 0 Å². The Hall–Kier alpha value is 0.920. The van der Waals surface area contributed by atoms with E-state index in [0.717, 1.165) is 0 Å². The van der Waals surface area contributed by atoms with E-state index in [0.29, 0.717) is 0 Å². The van der Waals surface area contributed by atoms with Gasteiger partial charge in [-0.05, 0) is 14.1 Å². The van der Waals surface area contributed by atoms with Crippen LogP contribution in [0.15, 0.2) is 0 Å². The van der Waals surface area contributed by atoms with Gasteiger partial charge in [-0.15, -0.1) is 34.0 Å². The van der Waals surface area contributed by atoms with Gasteiger partial charge < -0.3 is 5.32 Å². The molecule has 1 N–H and O–H groups in total. The Kier molecular flexibility index (Phi) is 68.9. The van der Waals surface area contributed by atoms with E-state index in [1.165, 1.54) is 0 Å². The third-order valence-corrected chi connectivity index (χ3v) is 0. The molecule has 5 heavy (non-hydrogen) atoms. The monoisotopic (exact) mass is 205 g/mol. The Balaban J connectivity index is -0.0000000200. The summed E-state index contributed by atoms with van der Waals surface area (Å²) in [6.07, 6.45) is 0. The molecule has 3 heteroatoms. The zero-order valence-electron chi connectivity index (χ0n) is 3.32. The highest BCUT2D eigenvalue weighted by Crippen LogP contribution is 0.981. The van der Waals surface area contributed by atoms with Crippen LogP contribution in [0.1, 0.15) is 0 Å². The highest BCUT2D eigenvalue weighted by atomic mass is 79.9. The first kappa shape index (κ1) is 16.8. The maximum absolute atomic E-state index is 2.75. The van der Waals surface area contributed by atoms with Gasteiger partial charge in [0.05, 0.1) is 0 Å². The maximum Gasteiger partial charge on any atom is -0.0167 e. The van der Waals surface area contributed by atoms with E-state index in [9.17, 15) is 0 Å². The highest BCUT2D eigenvalue weighted by molar-refractivity contribution is 8.93. The zero-order chi connectivity index (χ0) is 2.71. The Morgan fingerprint density at radius 2 is 1.00 bits per heavy atom. The molecule has 0 bridgehead atoms. The normalized spacial score (nSPS) is 3.60. The molecule has 1 nitrogen and oxygen atoms in total. The van der Waals surface area contributed by atoms with Crippen molar-refractivity contribution < 1.29 is 0 Å². The summed E-state index contributed by atoms with van der Waals surface area (Å²) in [6.45, 7) is 0. The van der Waals surface area contributed by atoms with Crippen molar-refractivity contribution in [2.75, 3.05) is 14.1 Å². The van der Waals surface area contributed by atoms with Crippen LogP contribution >= 0.6 is 34.0 Å². The van der Waals surface area contributed by atoms with Crippen molar-refractivity contribution in [2.45, 2.75) is 0 Å². The lowest BCUT2D eigenvalue weighted by atomic mass is 11.3. The van der Waals surface area contributed by atoms with Crippen LogP contribution in [0.5, 0.6) is 0 Å². The standard InChI is InChI=1S/C2H7N.2BrH/c1-3-2;;/h3H,1-2H3;2*1H. The molecule has 0 aromatic heterocycles. The van der Waals surface area contributed by atoms with Crippen LogP contribution in [-0.4, -0.2) is 14.1 Å². The molecule has 36 valence electrons. The van der Waals surface area contributed by atoms with Gasteiger partial charge >= 0.3 is 0 Å². The molecule has 0 atom stereocenters. The van der Waals surface area contributed by atoms with Gasteiger partial charge in [0.2, 0.25) is 0 Å². The first-order valence-corrected chi connectivity index (χ1v) is 1.00. The molecule has 0 amide bonds. The molecule has 0 aliphatic heterocycles. The Morgan fingerprint density at radius 3 is 1.00 bits per heavy atom. The van der Waals surface area contributed by atoms with E-state index < -0.39 is 0 Å². The topological polar surface area (TPSA) is 12.0 Å². The van der Waals surface area contributed by atoms with Gasteiger partial charge in [0, 0.05) is 0 Å². The number of halogens is 2. The molecule has 0 radical (unpaired) electrons. The van der Waals surface area contributed by atoms with E-state index in [2.05, 4.69) is 5.32 Å². The molecular formula is C2H9Br2N.